The van der Waals surface area contributed by atoms with E-state index in [1.165, 1.54) is 39.6 Å². The lowest BCUT2D eigenvalue weighted by molar-refractivity contribution is -0.115. The average molecular weight is 398 g/mol. The van der Waals surface area contributed by atoms with Gasteiger partial charge in [0.15, 0.2) is 0 Å². The molecule has 27 heavy (non-hydrogen) atoms. The first-order valence-corrected chi connectivity index (χ1v) is 11.0. The number of thiophene rings is 1. The zero-order valence-corrected chi connectivity index (χ0v) is 17.4. The van der Waals surface area contributed by atoms with Crippen molar-refractivity contribution in [3.8, 4) is 0 Å². The van der Waals surface area contributed by atoms with Gasteiger partial charge in [0.05, 0.1) is 5.25 Å². The number of hydrogen-bond donors (Lipinski definition) is 1. The van der Waals surface area contributed by atoms with Crippen LogP contribution in [0.25, 0.3) is 10.2 Å². The van der Waals surface area contributed by atoms with Crippen LogP contribution in [0.15, 0.2) is 35.6 Å². The van der Waals surface area contributed by atoms with Crippen LogP contribution < -0.4 is 5.32 Å². The number of amides is 1. The maximum Gasteiger partial charge on any atom is 0.237 e. The second kappa shape index (κ2) is 7.60. The molecule has 0 radical (unpaired) electrons. The van der Waals surface area contributed by atoms with E-state index in [2.05, 4.69) is 22.2 Å². The second-order valence-corrected chi connectivity index (χ2v) is 9.74. The van der Waals surface area contributed by atoms with Crippen molar-refractivity contribution in [3.05, 3.63) is 46.6 Å². The minimum Gasteiger partial charge on any atom is -0.325 e. The van der Waals surface area contributed by atoms with Gasteiger partial charge in [0, 0.05) is 16.0 Å². The van der Waals surface area contributed by atoms with Crippen LogP contribution in [0.5, 0.6) is 0 Å². The number of rotatable bonds is 4. The Hall–Kier alpha value is -1.92. The number of nitrogens with one attached hydrogen (secondary N) is 1. The molecule has 6 heteroatoms. The van der Waals surface area contributed by atoms with Gasteiger partial charge >= 0.3 is 0 Å². The third kappa shape index (κ3) is 3.87. The summed E-state index contributed by atoms with van der Waals surface area (Å²) < 4.78 is 0. The highest BCUT2D eigenvalue weighted by atomic mass is 32.2. The van der Waals surface area contributed by atoms with Crippen molar-refractivity contribution in [2.75, 3.05) is 5.32 Å². The van der Waals surface area contributed by atoms with Crippen LogP contribution in [-0.4, -0.2) is 21.1 Å². The van der Waals surface area contributed by atoms with Crippen molar-refractivity contribution in [2.45, 2.75) is 50.3 Å². The van der Waals surface area contributed by atoms with Crippen LogP contribution >= 0.6 is 23.1 Å². The lowest BCUT2D eigenvalue weighted by Crippen LogP contribution is -2.22. The average Bonchev–Trinajstić information content (AvgIpc) is 3.01. The first kappa shape index (κ1) is 18.4. The quantitative estimate of drug-likeness (QED) is 0.483. The number of aryl methyl sites for hydroxylation is 2. The minimum atomic E-state index is -0.234. The maximum atomic E-state index is 12.6. The van der Waals surface area contributed by atoms with Gasteiger partial charge in [-0.25, -0.2) is 9.97 Å². The normalized spacial score (nSPS) is 17.5. The van der Waals surface area contributed by atoms with Gasteiger partial charge in [-0.05, 0) is 56.7 Å². The Labute approximate surface area is 167 Å². The fourth-order valence-corrected chi connectivity index (χ4v) is 5.80. The topological polar surface area (TPSA) is 54.9 Å². The largest absolute Gasteiger partial charge is 0.325 e. The summed E-state index contributed by atoms with van der Waals surface area (Å²) in [5.74, 6) is 0.724. The number of nitrogens with zero attached hydrogens (tertiary/aromatic N) is 2. The van der Waals surface area contributed by atoms with E-state index < -0.39 is 0 Å². The summed E-state index contributed by atoms with van der Waals surface area (Å²) in [6.45, 7) is 6.28. The molecule has 1 N–H and O–H groups in total. The fraction of sp³-hybridized carbons (Fsp3) is 0.381. The second-order valence-electron chi connectivity index (χ2n) is 7.33. The molecule has 0 saturated heterocycles. The summed E-state index contributed by atoms with van der Waals surface area (Å²) in [7, 11) is 0. The first-order valence-electron chi connectivity index (χ1n) is 9.30. The smallest absolute Gasteiger partial charge is 0.237 e. The molecule has 0 aliphatic heterocycles. The van der Waals surface area contributed by atoms with E-state index in [1.807, 2.05) is 38.1 Å². The summed E-state index contributed by atoms with van der Waals surface area (Å²) in [6.07, 6.45) is 5.05. The number of anilines is 1. The highest BCUT2D eigenvalue weighted by Crippen LogP contribution is 2.41. The monoisotopic (exact) mass is 397 g/mol. The number of carbonyl (C=O) groups is 1. The van der Waals surface area contributed by atoms with Crippen molar-refractivity contribution >= 4 is 44.9 Å². The van der Waals surface area contributed by atoms with Gasteiger partial charge in [0.25, 0.3) is 0 Å². The Bertz CT molecular complexity index is 981. The highest BCUT2D eigenvalue weighted by molar-refractivity contribution is 8.00. The molecule has 2 aromatic heterocycles. The van der Waals surface area contributed by atoms with Gasteiger partial charge in [-0.15, -0.1) is 11.3 Å². The lowest BCUT2D eigenvalue weighted by atomic mass is 9.89. The molecule has 2 unspecified atom stereocenters. The predicted octanol–water partition coefficient (Wildman–Crippen LogP) is 5.24. The lowest BCUT2D eigenvalue weighted by Gasteiger charge is -2.18. The molecule has 4 nitrogen and oxygen atoms in total. The van der Waals surface area contributed by atoms with Gasteiger partial charge < -0.3 is 5.32 Å². The van der Waals surface area contributed by atoms with Crippen LogP contribution in [0.2, 0.25) is 0 Å². The Morgan fingerprint density at radius 2 is 2.07 bits per heavy atom. The maximum absolute atomic E-state index is 12.6. The van der Waals surface area contributed by atoms with E-state index in [0.29, 0.717) is 0 Å². The fourth-order valence-electron chi connectivity index (χ4n) is 3.44. The van der Waals surface area contributed by atoms with E-state index in [0.717, 1.165) is 34.3 Å². The van der Waals surface area contributed by atoms with Gasteiger partial charge in [-0.3, -0.25) is 4.79 Å². The zero-order valence-electron chi connectivity index (χ0n) is 15.8. The van der Waals surface area contributed by atoms with E-state index >= 15 is 0 Å². The summed E-state index contributed by atoms with van der Waals surface area (Å²) in [5, 5.41) is 4.86. The molecule has 0 spiro atoms. The third-order valence-corrected chi connectivity index (χ3v) is 7.30. The Morgan fingerprint density at radius 1 is 1.30 bits per heavy atom. The van der Waals surface area contributed by atoms with Gasteiger partial charge in [0.1, 0.15) is 16.2 Å². The van der Waals surface area contributed by atoms with Gasteiger partial charge in [0.2, 0.25) is 5.91 Å². The van der Waals surface area contributed by atoms with Crippen molar-refractivity contribution in [1.29, 1.82) is 0 Å². The molecular formula is C21H23N3OS2. The molecule has 1 aliphatic rings. The third-order valence-electron chi connectivity index (χ3n) is 5.03. The standard InChI is InChI=1S/C21H23N3OS2/c1-12-4-7-15(8-5-12)24-19(25)14(3)26-20-18-16-9-6-13(2)10-17(16)27-21(18)23-11-22-20/h4-5,7-8,11,13-14H,6,9-10H2,1-3H3,(H,24,25). The molecule has 1 aromatic carbocycles. The summed E-state index contributed by atoms with van der Waals surface area (Å²) in [5.41, 5.74) is 3.41. The van der Waals surface area contributed by atoms with Crippen LogP contribution in [0, 0.1) is 12.8 Å². The van der Waals surface area contributed by atoms with Crippen LogP contribution in [0.1, 0.15) is 36.3 Å². The molecule has 2 atom stereocenters. The molecule has 0 fully saturated rings. The first-order chi connectivity index (χ1) is 13.0. The summed E-state index contributed by atoms with van der Waals surface area (Å²) in [6, 6.07) is 7.87. The van der Waals surface area contributed by atoms with Crippen LogP contribution in [0.3, 0.4) is 0 Å². The molecule has 3 aromatic rings. The molecular weight excluding hydrogens is 374 g/mol. The number of hydrogen-bond acceptors (Lipinski definition) is 5. The van der Waals surface area contributed by atoms with Crippen molar-refractivity contribution in [1.82, 2.24) is 9.97 Å². The SMILES string of the molecule is Cc1ccc(NC(=O)C(C)Sc2ncnc3sc4c(c23)CCC(C)C4)cc1. The molecule has 140 valence electrons. The van der Waals surface area contributed by atoms with Crippen LogP contribution in [-0.2, 0) is 17.6 Å². The van der Waals surface area contributed by atoms with E-state index in [1.54, 1.807) is 17.7 Å². The van der Waals surface area contributed by atoms with Crippen molar-refractivity contribution in [2.24, 2.45) is 5.92 Å². The molecule has 2 heterocycles. The van der Waals surface area contributed by atoms with Gasteiger partial charge in [-0.1, -0.05) is 36.4 Å². The Morgan fingerprint density at radius 3 is 2.85 bits per heavy atom. The molecule has 1 amide bonds. The molecule has 0 bridgehead atoms. The number of carbonyl (C=O) groups excluding carboxylic acids is 1. The predicted molar refractivity (Wildman–Crippen MR) is 114 cm³/mol. The van der Waals surface area contributed by atoms with Crippen molar-refractivity contribution < 1.29 is 4.79 Å². The van der Waals surface area contributed by atoms with Gasteiger partial charge in [-0.2, -0.15) is 0 Å². The Balaban J connectivity index is 1.56. The van der Waals surface area contributed by atoms with E-state index in [9.17, 15) is 4.79 Å². The number of fused-ring (bicyclic) bond motifs is 3. The van der Waals surface area contributed by atoms with E-state index in [4.69, 9.17) is 0 Å². The van der Waals surface area contributed by atoms with Crippen molar-refractivity contribution in [3.63, 3.8) is 0 Å². The minimum absolute atomic E-state index is 0.00617. The number of thioether (sulfide) groups is 1. The summed E-state index contributed by atoms with van der Waals surface area (Å²) in [4.78, 5) is 24.2. The number of aromatic nitrogens is 2. The number of benzene rings is 1. The van der Waals surface area contributed by atoms with E-state index in [-0.39, 0.29) is 11.2 Å². The Kier molecular flexibility index (Phi) is 5.19. The zero-order chi connectivity index (χ0) is 19.0. The highest BCUT2D eigenvalue weighted by Gasteiger charge is 2.25. The molecule has 0 saturated carbocycles. The molecule has 4 rings (SSSR count). The van der Waals surface area contributed by atoms with Crippen LogP contribution in [0.4, 0.5) is 5.69 Å². The molecule has 1 aliphatic carbocycles. The summed E-state index contributed by atoms with van der Waals surface area (Å²) >= 11 is 3.32.